The van der Waals surface area contributed by atoms with E-state index in [0.29, 0.717) is 22.9 Å². The predicted molar refractivity (Wildman–Crippen MR) is 125 cm³/mol. The van der Waals surface area contributed by atoms with Gasteiger partial charge in [-0.3, -0.25) is 14.7 Å². The average Bonchev–Trinajstić information content (AvgIpc) is 3.30. The van der Waals surface area contributed by atoms with E-state index in [-0.39, 0.29) is 24.5 Å². The summed E-state index contributed by atoms with van der Waals surface area (Å²) in [4.78, 5) is 29.8. The molecule has 0 aliphatic heterocycles. The topological polar surface area (TPSA) is 87.7 Å². The van der Waals surface area contributed by atoms with E-state index in [9.17, 15) is 9.59 Å². The van der Waals surface area contributed by atoms with E-state index in [4.69, 9.17) is 0 Å². The van der Waals surface area contributed by atoms with Gasteiger partial charge in [0.25, 0.3) is 0 Å². The maximum Gasteiger partial charge on any atom is 0.224 e. The van der Waals surface area contributed by atoms with E-state index < -0.39 is 0 Å². The summed E-state index contributed by atoms with van der Waals surface area (Å²) in [6.45, 7) is 3.86. The van der Waals surface area contributed by atoms with E-state index in [0.717, 1.165) is 22.3 Å². The van der Waals surface area contributed by atoms with Crippen molar-refractivity contribution in [2.45, 2.75) is 26.7 Å². The number of ketones is 1. The Kier molecular flexibility index (Phi) is 6.22. The molecule has 6 heteroatoms. The van der Waals surface area contributed by atoms with Gasteiger partial charge in [0.15, 0.2) is 17.4 Å². The summed E-state index contributed by atoms with van der Waals surface area (Å²) in [5.41, 5.74) is 4.88. The summed E-state index contributed by atoms with van der Waals surface area (Å²) in [6, 6.07) is 22.8. The number of nitrogens with one attached hydrogen (secondary N) is 2. The molecule has 0 bridgehead atoms. The van der Waals surface area contributed by atoms with Crippen LogP contribution >= 0.6 is 0 Å². The second kappa shape index (κ2) is 9.39. The zero-order valence-electron chi connectivity index (χ0n) is 18.1. The van der Waals surface area contributed by atoms with Crippen LogP contribution in [0.15, 0.2) is 72.8 Å². The van der Waals surface area contributed by atoms with Gasteiger partial charge in [-0.1, -0.05) is 60.2 Å². The van der Waals surface area contributed by atoms with Crippen LogP contribution in [0.5, 0.6) is 0 Å². The first-order valence-corrected chi connectivity index (χ1v) is 10.5. The zero-order valence-corrected chi connectivity index (χ0v) is 18.1. The number of rotatable bonds is 7. The fourth-order valence-corrected chi connectivity index (χ4v) is 3.51. The molecule has 32 heavy (non-hydrogen) atoms. The Morgan fingerprint density at radius 3 is 2.47 bits per heavy atom. The molecule has 0 fully saturated rings. The number of nitrogens with zero attached hydrogens (tertiary/aromatic N) is 2. The minimum atomic E-state index is -0.223. The van der Waals surface area contributed by atoms with Gasteiger partial charge in [0, 0.05) is 29.5 Å². The van der Waals surface area contributed by atoms with E-state index >= 15 is 0 Å². The van der Waals surface area contributed by atoms with Gasteiger partial charge >= 0.3 is 0 Å². The lowest BCUT2D eigenvalue weighted by Crippen LogP contribution is -2.14. The molecule has 0 spiro atoms. The zero-order chi connectivity index (χ0) is 22.5. The number of carbonyl (C=O) groups excluding carboxylic acids is 2. The first-order chi connectivity index (χ1) is 15.5. The third-order valence-corrected chi connectivity index (χ3v) is 5.25. The Bertz CT molecular complexity index is 1260. The Morgan fingerprint density at radius 1 is 0.906 bits per heavy atom. The molecule has 0 atom stereocenters. The highest BCUT2D eigenvalue weighted by atomic mass is 16.2. The van der Waals surface area contributed by atoms with Crippen LogP contribution in [0.2, 0.25) is 0 Å². The Labute approximate surface area is 186 Å². The molecule has 1 aromatic heterocycles. The standard InChI is InChI=1S/C26H24N4O2/c1-17-12-13-18(2)21(16-17)23(31)14-15-24(32)27-22-11-7-6-10-20(22)26-28-25(29-30-26)19-8-4-3-5-9-19/h3-13,16H,14-15H2,1-2H3,(H,27,32)(H,28,29,30). The fourth-order valence-electron chi connectivity index (χ4n) is 3.51. The number of anilines is 1. The fraction of sp³-hybridized carbons (Fsp3) is 0.154. The number of Topliss-reactive ketones (excluding diaryl/α,β-unsaturated/α-hetero) is 1. The first-order valence-electron chi connectivity index (χ1n) is 10.5. The predicted octanol–water partition coefficient (Wildman–Crippen LogP) is 5.36. The summed E-state index contributed by atoms with van der Waals surface area (Å²) in [7, 11) is 0. The van der Waals surface area contributed by atoms with Crippen LogP contribution in [0.25, 0.3) is 22.8 Å². The maximum absolute atomic E-state index is 12.6. The number of amides is 1. The van der Waals surface area contributed by atoms with Crippen molar-refractivity contribution in [2.24, 2.45) is 0 Å². The highest BCUT2D eigenvalue weighted by molar-refractivity contribution is 6.01. The molecule has 0 aliphatic rings. The molecule has 0 saturated heterocycles. The summed E-state index contributed by atoms with van der Waals surface area (Å²) >= 11 is 0. The van der Waals surface area contributed by atoms with Gasteiger partial charge in [0.2, 0.25) is 5.91 Å². The first kappa shape index (κ1) is 21.2. The summed E-state index contributed by atoms with van der Waals surface area (Å²) in [5.74, 6) is 0.892. The van der Waals surface area contributed by atoms with Gasteiger partial charge in [0.1, 0.15) is 0 Å². The lowest BCUT2D eigenvalue weighted by molar-refractivity contribution is -0.116. The molecule has 0 unspecified atom stereocenters. The lowest BCUT2D eigenvalue weighted by atomic mass is 9.99. The second-order valence-corrected chi connectivity index (χ2v) is 7.71. The Morgan fingerprint density at radius 2 is 1.66 bits per heavy atom. The molecule has 0 radical (unpaired) electrons. The van der Waals surface area contributed by atoms with Crippen LogP contribution in [0.1, 0.15) is 34.3 Å². The molecule has 2 N–H and O–H groups in total. The Hall–Kier alpha value is -4.06. The number of hydrogen-bond donors (Lipinski definition) is 2. The molecule has 0 aliphatic carbocycles. The van der Waals surface area contributed by atoms with Crippen molar-refractivity contribution < 1.29 is 9.59 Å². The number of hydrogen-bond acceptors (Lipinski definition) is 4. The van der Waals surface area contributed by atoms with Gasteiger partial charge in [-0.25, -0.2) is 4.98 Å². The number of H-pyrrole nitrogens is 1. The smallest absolute Gasteiger partial charge is 0.224 e. The average molecular weight is 425 g/mol. The molecular weight excluding hydrogens is 400 g/mol. The number of benzene rings is 3. The minimum absolute atomic E-state index is 0.0302. The summed E-state index contributed by atoms with van der Waals surface area (Å²) < 4.78 is 0. The number of para-hydroxylation sites is 1. The maximum atomic E-state index is 12.6. The number of aryl methyl sites for hydroxylation is 2. The van der Waals surface area contributed by atoms with Crippen molar-refractivity contribution in [1.82, 2.24) is 15.2 Å². The van der Waals surface area contributed by atoms with E-state index in [1.54, 1.807) is 0 Å². The van der Waals surface area contributed by atoms with Crippen molar-refractivity contribution in [1.29, 1.82) is 0 Å². The molecule has 0 saturated carbocycles. The summed E-state index contributed by atoms with van der Waals surface area (Å²) in [6.07, 6.45) is 0.255. The van der Waals surface area contributed by atoms with Crippen molar-refractivity contribution in [3.05, 3.63) is 89.5 Å². The van der Waals surface area contributed by atoms with Crippen LogP contribution in [0.3, 0.4) is 0 Å². The monoisotopic (exact) mass is 424 g/mol. The van der Waals surface area contributed by atoms with Gasteiger partial charge in [-0.2, -0.15) is 5.10 Å². The number of aromatic amines is 1. The quantitative estimate of drug-likeness (QED) is 0.391. The molecule has 6 nitrogen and oxygen atoms in total. The lowest BCUT2D eigenvalue weighted by Gasteiger charge is -2.10. The van der Waals surface area contributed by atoms with Crippen molar-refractivity contribution in [2.75, 3.05) is 5.32 Å². The van der Waals surface area contributed by atoms with E-state index in [1.165, 1.54) is 0 Å². The van der Waals surface area contributed by atoms with Crippen molar-refractivity contribution in [3.63, 3.8) is 0 Å². The van der Waals surface area contributed by atoms with Crippen molar-refractivity contribution >= 4 is 17.4 Å². The summed E-state index contributed by atoms with van der Waals surface area (Å²) in [5, 5.41) is 10.2. The molecule has 160 valence electrons. The highest BCUT2D eigenvalue weighted by Crippen LogP contribution is 2.27. The highest BCUT2D eigenvalue weighted by Gasteiger charge is 2.15. The van der Waals surface area contributed by atoms with E-state index in [2.05, 4.69) is 20.5 Å². The second-order valence-electron chi connectivity index (χ2n) is 7.71. The van der Waals surface area contributed by atoms with Crippen LogP contribution in [0, 0.1) is 13.8 Å². The van der Waals surface area contributed by atoms with E-state index in [1.807, 2.05) is 86.6 Å². The van der Waals surface area contributed by atoms with Gasteiger partial charge in [0.05, 0.1) is 5.69 Å². The van der Waals surface area contributed by atoms with Gasteiger partial charge in [-0.05, 0) is 37.6 Å². The molecule has 4 aromatic rings. The van der Waals surface area contributed by atoms with Gasteiger partial charge < -0.3 is 5.32 Å². The molecular formula is C26H24N4O2. The number of carbonyl (C=O) groups is 2. The van der Waals surface area contributed by atoms with Gasteiger partial charge in [-0.15, -0.1) is 0 Å². The third-order valence-electron chi connectivity index (χ3n) is 5.25. The SMILES string of the molecule is Cc1ccc(C)c(C(=O)CCC(=O)Nc2ccccc2-c2nc(-c3ccccc3)n[nH]2)c1. The third kappa shape index (κ3) is 4.81. The molecule has 3 aromatic carbocycles. The minimum Gasteiger partial charge on any atom is -0.325 e. The normalized spacial score (nSPS) is 10.7. The van der Waals surface area contributed by atoms with Crippen molar-refractivity contribution in [3.8, 4) is 22.8 Å². The van der Waals surface area contributed by atoms with Crippen LogP contribution in [0.4, 0.5) is 5.69 Å². The molecule has 1 amide bonds. The Balaban J connectivity index is 1.45. The number of aromatic nitrogens is 3. The van der Waals surface area contributed by atoms with Crippen LogP contribution in [-0.4, -0.2) is 26.9 Å². The largest absolute Gasteiger partial charge is 0.325 e. The van der Waals surface area contributed by atoms with Crippen LogP contribution < -0.4 is 5.32 Å². The molecule has 4 rings (SSSR count). The van der Waals surface area contributed by atoms with Crippen LogP contribution in [-0.2, 0) is 4.79 Å². The molecule has 1 heterocycles.